The number of hydrogen-bond acceptors (Lipinski definition) is 3. The van der Waals surface area contributed by atoms with Crippen molar-refractivity contribution in [3.05, 3.63) is 0 Å². The van der Waals surface area contributed by atoms with Crippen LogP contribution in [0.5, 0.6) is 0 Å². The molecule has 0 aromatic carbocycles. The van der Waals surface area contributed by atoms with E-state index in [9.17, 15) is 13.2 Å². The van der Waals surface area contributed by atoms with Crippen LogP contribution in [-0.4, -0.2) is 25.2 Å². The molecule has 1 saturated carbocycles. The molecule has 0 amide bonds. The predicted molar refractivity (Wildman–Crippen MR) is 55.9 cm³/mol. The number of carbonyl (C=O) groups is 1. The Kier molecular flexibility index (Phi) is 3.04. The first kappa shape index (κ1) is 11.7. The Morgan fingerprint density at radius 1 is 1.36 bits per heavy atom. The van der Waals surface area contributed by atoms with Crippen LogP contribution >= 0.6 is 0 Å². The third-order valence-corrected chi connectivity index (χ3v) is 5.16. The lowest BCUT2D eigenvalue weighted by molar-refractivity contribution is -0.120. The zero-order valence-electron chi connectivity index (χ0n) is 9.04. The smallest absolute Gasteiger partial charge is 0.159 e. The second kappa shape index (κ2) is 3.65. The lowest BCUT2D eigenvalue weighted by Gasteiger charge is -2.20. The minimum absolute atomic E-state index is 0.146. The molecule has 0 heterocycles. The summed E-state index contributed by atoms with van der Waals surface area (Å²) in [5, 5.41) is 0. The van der Waals surface area contributed by atoms with E-state index >= 15 is 0 Å². The molecule has 1 aliphatic rings. The van der Waals surface area contributed by atoms with Crippen LogP contribution in [0.25, 0.3) is 0 Å². The highest BCUT2D eigenvalue weighted by molar-refractivity contribution is 7.92. The Morgan fingerprint density at radius 3 is 2.21 bits per heavy atom. The van der Waals surface area contributed by atoms with E-state index in [1.54, 1.807) is 0 Å². The molecule has 0 aromatic heterocycles. The molecule has 1 fully saturated rings. The molecule has 0 aromatic rings. The summed E-state index contributed by atoms with van der Waals surface area (Å²) in [5.74, 6) is 0.529. The van der Waals surface area contributed by atoms with Crippen LogP contribution in [0.15, 0.2) is 0 Å². The van der Waals surface area contributed by atoms with Gasteiger partial charge in [-0.3, -0.25) is 4.79 Å². The molecule has 0 N–H and O–H groups in total. The molecule has 0 unspecified atom stereocenters. The lowest BCUT2D eigenvalue weighted by Crippen LogP contribution is -2.39. The zero-order chi connectivity index (χ0) is 11.0. The van der Waals surface area contributed by atoms with E-state index in [1.165, 1.54) is 26.7 Å². The van der Waals surface area contributed by atoms with Gasteiger partial charge < -0.3 is 0 Å². The van der Waals surface area contributed by atoms with Gasteiger partial charge in [0.1, 0.15) is 4.75 Å². The number of hydrogen-bond donors (Lipinski definition) is 0. The average molecular weight is 218 g/mol. The Balaban J connectivity index is 2.57. The topological polar surface area (TPSA) is 51.2 Å². The van der Waals surface area contributed by atoms with Crippen LogP contribution in [0.3, 0.4) is 0 Å². The largest absolute Gasteiger partial charge is 0.298 e. The maximum atomic E-state index is 11.7. The van der Waals surface area contributed by atoms with Crippen molar-refractivity contribution >= 4 is 15.6 Å². The van der Waals surface area contributed by atoms with E-state index < -0.39 is 14.6 Å². The molecule has 0 radical (unpaired) electrons. The molecule has 1 aliphatic carbocycles. The van der Waals surface area contributed by atoms with E-state index in [1.807, 2.05) is 0 Å². The highest BCUT2D eigenvalue weighted by Crippen LogP contribution is 2.34. The molecule has 0 bridgehead atoms. The predicted octanol–water partition coefficient (Wildman–Crippen LogP) is 1.57. The molecule has 0 saturated heterocycles. The molecule has 82 valence electrons. The Morgan fingerprint density at radius 2 is 1.86 bits per heavy atom. The summed E-state index contributed by atoms with van der Waals surface area (Å²) < 4.78 is 21.5. The van der Waals surface area contributed by atoms with Crippen molar-refractivity contribution in [1.29, 1.82) is 0 Å². The van der Waals surface area contributed by atoms with Gasteiger partial charge in [-0.05, 0) is 26.2 Å². The SMILES string of the molecule is CC(C)(C(=O)CCC1CC1)S(C)(=O)=O. The number of Topliss-reactive ketones (excluding diaryl/α,β-unsaturated/α-hetero) is 1. The first-order valence-corrected chi connectivity index (χ1v) is 6.87. The van der Waals surface area contributed by atoms with Crippen molar-refractivity contribution in [3.63, 3.8) is 0 Å². The maximum absolute atomic E-state index is 11.7. The van der Waals surface area contributed by atoms with Gasteiger partial charge in [-0.25, -0.2) is 8.42 Å². The Bertz CT molecular complexity index is 323. The van der Waals surface area contributed by atoms with E-state index in [2.05, 4.69) is 0 Å². The fraction of sp³-hybridized carbons (Fsp3) is 0.900. The summed E-state index contributed by atoms with van der Waals surface area (Å²) in [7, 11) is -3.28. The van der Waals surface area contributed by atoms with Crippen LogP contribution in [0.2, 0.25) is 0 Å². The van der Waals surface area contributed by atoms with Gasteiger partial charge >= 0.3 is 0 Å². The molecule has 0 spiro atoms. The van der Waals surface area contributed by atoms with Crippen molar-refractivity contribution in [2.45, 2.75) is 44.3 Å². The summed E-state index contributed by atoms with van der Waals surface area (Å²) >= 11 is 0. The standard InChI is InChI=1S/C10H18O3S/c1-10(2,14(3,12)13)9(11)7-6-8-4-5-8/h8H,4-7H2,1-3H3. The van der Waals surface area contributed by atoms with Gasteiger partial charge in [0.2, 0.25) is 0 Å². The van der Waals surface area contributed by atoms with Gasteiger partial charge in [-0.2, -0.15) is 0 Å². The fourth-order valence-electron chi connectivity index (χ4n) is 1.25. The van der Waals surface area contributed by atoms with Crippen molar-refractivity contribution in [2.75, 3.05) is 6.26 Å². The molecule has 3 nitrogen and oxygen atoms in total. The van der Waals surface area contributed by atoms with E-state index in [0.717, 1.165) is 12.7 Å². The van der Waals surface area contributed by atoms with Crippen molar-refractivity contribution < 1.29 is 13.2 Å². The monoisotopic (exact) mass is 218 g/mol. The number of sulfone groups is 1. The normalized spacial score (nSPS) is 18.2. The van der Waals surface area contributed by atoms with Crippen molar-refractivity contribution in [1.82, 2.24) is 0 Å². The quantitative estimate of drug-likeness (QED) is 0.703. The maximum Gasteiger partial charge on any atom is 0.159 e. The summed E-state index contributed by atoms with van der Waals surface area (Å²) in [4.78, 5) is 11.7. The van der Waals surface area contributed by atoms with Gasteiger partial charge in [0.05, 0.1) is 0 Å². The van der Waals surface area contributed by atoms with Gasteiger partial charge in [0.15, 0.2) is 15.6 Å². The fourth-order valence-corrected chi connectivity index (χ4v) is 1.77. The zero-order valence-corrected chi connectivity index (χ0v) is 9.86. The molecular formula is C10H18O3S. The summed E-state index contributed by atoms with van der Waals surface area (Å²) in [6.07, 6.45) is 4.80. The molecule has 4 heteroatoms. The first-order chi connectivity index (χ1) is 6.25. The van der Waals surface area contributed by atoms with Crippen molar-refractivity contribution in [3.8, 4) is 0 Å². The molecule has 1 rings (SSSR count). The summed E-state index contributed by atoms with van der Waals surface area (Å²) in [6, 6.07) is 0. The third kappa shape index (κ3) is 2.56. The average Bonchev–Trinajstić information content (AvgIpc) is 2.80. The van der Waals surface area contributed by atoms with Gasteiger partial charge in [-0.15, -0.1) is 0 Å². The molecule has 0 aliphatic heterocycles. The van der Waals surface area contributed by atoms with E-state index in [4.69, 9.17) is 0 Å². The van der Waals surface area contributed by atoms with Gasteiger partial charge in [-0.1, -0.05) is 12.8 Å². The summed E-state index contributed by atoms with van der Waals surface area (Å²) in [5.41, 5.74) is 0. The number of carbonyl (C=O) groups excluding carboxylic acids is 1. The second-order valence-corrected chi connectivity index (χ2v) is 7.25. The van der Waals surface area contributed by atoms with Crippen LogP contribution in [0.1, 0.15) is 39.5 Å². The van der Waals surface area contributed by atoms with Crippen LogP contribution < -0.4 is 0 Å². The first-order valence-electron chi connectivity index (χ1n) is 4.98. The third-order valence-electron chi connectivity index (χ3n) is 3.08. The van der Waals surface area contributed by atoms with Crippen LogP contribution in [0, 0.1) is 5.92 Å². The van der Waals surface area contributed by atoms with Crippen molar-refractivity contribution in [2.24, 2.45) is 5.92 Å². The number of rotatable bonds is 5. The lowest BCUT2D eigenvalue weighted by atomic mass is 10.0. The minimum Gasteiger partial charge on any atom is -0.298 e. The Labute approximate surface area is 85.8 Å². The van der Waals surface area contributed by atoms with Gasteiger partial charge in [0.25, 0.3) is 0 Å². The second-order valence-electron chi connectivity index (χ2n) is 4.69. The highest BCUT2D eigenvalue weighted by Gasteiger charge is 2.38. The van der Waals surface area contributed by atoms with E-state index in [-0.39, 0.29) is 5.78 Å². The Hall–Kier alpha value is -0.380. The van der Waals surface area contributed by atoms with Crippen LogP contribution in [0.4, 0.5) is 0 Å². The molecule has 0 atom stereocenters. The van der Waals surface area contributed by atoms with Crippen LogP contribution in [-0.2, 0) is 14.6 Å². The number of ketones is 1. The highest BCUT2D eigenvalue weighted by atomic mass is 32.2. The molecular weight excluding hydrogens is 200 g/mol. The van der Waals surface area contributed by atoms with Gasteiger partial charge in [0, 0.05) is 12.7 Å². The minimum atomic E-state index is -3.28. The van der Waals surface area contributed by atoms with E-state index in [0.29, 0.717) is 12.3 Å². The molecule has 14 heavy (non-hydrogen) atoms. The summed E-state index contributed by atoms with van der Waals surface area (Å²) in [6.45, 7) is 3.00.